The Bertz CT molecular complexity index is 583. The van der Waals surface area contributed by atoms with Crippen molar-refractivity contribution in [1.29, 1.82) is 0 Å². The van der Waals surface area contributed by atoms with Gasteiger partial charge in [0.1, 0.15) is 5.75 Å². The highest BCUT2D eigenvalue weighted by atomic mass is 16.5. The van der Waals surface area contributed by atoms with Crippen LogP contribution in [0.5, 0.6) is 5.75 Å². The number of benzene rings is 1. The van der Waals surface area contributed by atoms with Gasteiger partial charge in [0.2, 0.25) is 0 Å². The van der Waals surface area contributed by atoms with Gasteiger partial charge in [-0.3, -0.25) is 9.58 Å². The van der Waals surface area contributed by atoms with Gasteiger partial charge in [0.25, 0.3) is 0 Å². The number of rotatable bonds is 8. The minimum absolute atomic E-state index is 0.296. The smallest absolute Gasteiger partial charge is 0.123 e. The molecule has 2 rings (SSSR count). The average Bonchev–Trinajstić information content (AvgIpc) is 2.92. The fourth-order valence-corrected chi connectivity index (χ4v) is 2.53. The Labute approximate surface area is 132 Å². The molecule has 0 saturated carbocycles. The normalized spacial score (nSPS) is 12.6. The molecule has 1 aromatic heterocycles. The van der Waals surface area contributed by atoms with Crippen LogP contribution >= 0.6 is 0 Å². The second-order valence-corrected chi connectivity index (χ2v) is 5.47. The van der Waals surface area contributed by atoms with Gasteiger partial charge < -0.3 is 9.47 Å². The van der Waals surface area contributed by atoms with Gasteiger partial charge in [-0.15, -0.1) is 0 Å². The quantitative estimate of drug-likeness (QED) is 0.751. The van der Waals surface area contributed by atoms with Crippen molar-refractivity contribution in [2.45, 2.75) is 26.1 Å². The van der Waals surface area contributed by atoms with E-state index < -0.39 is 0 Å². The molecule has 0 fully saturated rings. The van der Waals surface area contributed by atoms with Crippen molar-refractivity contribution in [3.63, 3.8) is 0 Å². The van der Waals surface area contributed by atoms with E-state index in [1.165, 1.54) is 11.3 Å². The van der Waals surface area contributed by atoms with E-state index in [-0.39, 0.29) is 0 Å². The average molecular weight is 303 g/mol. The van der Waals surface area contributed by atoms with Crippen LogP contribution in [-0.2, 0) is 24.9 Å². The van der Waals surface area contributed by atoms with Crippen LogP contribution < -0.4 is 4.74 Å². The molecule has 1 aromatic carbocycles. The zero-order valence-corrected chi connectivity index (χ0v) is 13.8. The maximum atomic E-state index is 5.47. The minimum atomic E-state index is 0.296. The molecule has 0 aliphatic heterocycles. The lowest BCUT2D eigenvalue weighted by Crippen LogP contribution is -2.36. The first-order valence-electron chi connectivity index (χ1n) is 7.47. The molecule has 1 heterocycles. The van der Waals surface area contributed by atoms with Gasteiger partial charge in [-0.05, 0) is 19.1 Å². The first-order chi connectivity index (χ1) is 10.7. The van der Waals surface area contributed by atoms with Crippen molar-refractivity contribution in [1.82, 2.24) is 14.7 Å². The second kappa shape index (κ2) is 7.96. The van der Waals surface area contributed by atoms with Crippen LogP contribution in [0.4, 0.5) is 0 Å². The number of para-hydroxylation sites is 1. The Morgan fingerprint density at radius 1 is 1.18 bits per heavy atom. The number of hydrogen-bond donors (Lipinski definition) is 0. The van der Waals surface area contributed by atoms with Gasteiger partial charge >= 0.3 is 0 Å². The number of aromatic nitrogens is 2. The molecular formula is C17H25N3O2. The summed E-state index contributed by atoms with van der Waals surface area (Å²) in [7, 11) is 5.42. The zero-order valence-electron chi connectivity index (χ0n) is 13.8. The second-order valence-electron chi connectivity index (χ2n) is 5.47. The highest BCUT2D eigenvalue weighted by Gasteiger charge is 2.17. The van der Waals surface area contributed by atoms with Crippen molar-refractivity contribution in [2.75, 3.05) is 20.8 Å². The highest BCUT2D eigenvalue weighted by molar-refractivity contribution is 5.33. The molecule has 22 heavy (non-hydrogen) atoms. The third-order valence-electron chi connectivity index (χ3n) is 3.88. The van der Waals surface area contributed by atoms with E-state index in [1.807, 2.05) is 36.1 Å². The number of nitrogens with zero attached hydrogens (tertiary/aromatic N) is 3. The van der Waals surface area contributed by atoms with Gasteiger partial charge in [0, 0.05) is 45.0 Å². The molecule has 0 bridgehead atoms. The summed E-state index contributed by atoms with van der Waals surface area (Å²) in [6, 6.07) is 10.5. The predicted octanol–water partition coefficient (Wildman–Crippen LogP) is 2.47. The topological polar surface area (TPSA) is 39.5 Å². The highest BCUT2D eigenvalue weighted by Crippen LogP contribution is 2.21. The van der Waals surface area contributed by atoms with E-state index in [4.69, 9.17) is 9.47 Å². The summed E-state index contributed by atoms with van der Waals surface area (Å²) in [4.78, 5) is 2.37. The molecule has 0 unspecified atom stereocenters. The Kier molecular flexibility index (Phi) is 5.98. The van der Waals surface area contributed by atoms with Crippen LogP contribution in [0, 0.1) is 0 Å². The minimum Gasteiger partial charge on any atom is -0.496 e. The van der Waals surface area contributed by atoms with E-state index >= 15 is 0 Å². The van der Waals surface area contributed by atoms with Gasteiger partial charge in [-0.2, -0.15) is 5.10 Å². The van der Waals surface area contributed by atoms with Crippen molar-refractivity contribution >= 4 is 0 Å². The predicted molar refractivity (Wildman–Crippen MR) is 86.8 cm³/mol. The Balaban J connectivity index is 2.18. The summed E-state index contributed by atoms with van der Waals surface area (Å²) >= 11 is 0. The Morgan fingerprint density at radius 2 is 1.95 bits per heavy atom. The maximum Gasteiger partial charge on any atom is 0.123 e. The number of ether oxygens (including phenoxy) is 2. The van der Waals surface area contributed by atoms with Crippen LogP contribution in [0.15, 0.2) is 36.5 Å². The summed E-state index contributed by atoms with van der Waals surface area (Å²) in [5.41, 5.74) is 2.35. The molecule has 0 amide bonds. The number of hydrogen-bond acceptors (Lipinski definition) is 4. The molecular weight excluding hydrogens is 278 g/mol. The lowest BCUT2D eigenvalue weighted by molar-refractivity contribution is 0.0873. The van der Waals surface area contributed by atoms with Crippen molar-refractivity contribution in [3.05, 3.63) is 47.8 Å². The third kappa shape index (κ3) is 4.08. The van der Waals surface area contributed by atoms with Crippen LogP contribution in [0.2, 0.25) is 0 Å². The fourth-order valence-electron chi connectivity index (χ4n) is 2.53. The third-order valence-corrected chi connectivity index (χ3v) is 3.88. The van der Waals surface area contributed by atoms with Gasteiger partial charge in [-0.25, -0.2) is 0 Å². The summed E-state index contributed by atoms with van der Waals surface area (Å²) in [6.07, 6.45) is 1.83. The van der Waals surface area contributed by atoms with Crippen molar-refractivity contribution < 1.29 is 9.47 Å². The maximum absolute atomic E-state index is 5.47. The van der Waals surface area contributed by atoms with Gasteiger partial charge in [0.05, 0.1) is 19.4 Å². The first-order valence-corrected chi connectivity index (χ1v) is 7.47. The van der Waals surface area contributed by atoms with Gasteiger partial charge in [-0.1, -0.05) is 18.2 Å². The molecule has 0 aliphatic rings. The van der Waals surface area contributed by atoms with E-state index in [1.54, 1.807) is 14.2 Å². The largest absolute Gasteiger partial charge is 0.496 e. The van der Waals surface area contributed by atoms with Crippen LogP contribution in [0.25, 0.3) is 0 Å². The monoisotopic (exact) mass is 303 g/mol. The SMILES string of the molecule is COC[C@H](C)N(Cc1ccccc1OC)Cc1ccnn1C. The van der Waals surface area contributed by atoms with E-state index in [2.05, 4.69) is 29.1 Å². The Hall–Kier alpha value is -1.85. The van der Waals surface area contributed by atoms with Crippen LogP contribution in [0.3, 0.4) is 0 Å². The molecule has 1 atom stereocenters. The summed E-state index contributed by atoms with van der Waals surface area (Å²) in [6.45, 7) is 4.49. The lowest BCUT2D eigenvalue weighted by Gasteiger charge is -2.29. The first kappa shape index (κ1) is 16.5. The molecule has 0 aliphatic carbocycles. The Morgan fingerprint density at radius 3 is 2.59 bits per heavy atom. The molecule has 5 heteroatoms. The zero-order chi connectivity index (χ0) is 15.9. The molecule has 5 nitrogen and oxygen atoms in total. The molecule has 0 radical (unpaired) electrons. The number of aryl methyl sites for hydroxylation is 1. The molecule has 0 N–H and O–H groups in total. The van der Waals surface area contributed by atoms with Crippen LogP contribution in [-0.4, -0.2) is 41.5 Å². The molecule has 0 saturated heterocycles. The number of methoxy groups -OCH3 is 2. The summed E-state index contributed by atoms with van der Waals surface area (Å²) < 4.78 is 12.7. The van der Waals surface area contributed by atoms with E-state index in [0.717, 1.165) is 18.8 Å². The fraction of sp³-hybridized carbons (Fsp3) is 0.471. The van der Waals surface area contributed by atoms with Crippen molar-refractivity contribution in [3.8, 4) is 5.75 Å². The van der Waals surface area contributed by atoms with E-state index in [9.17, 15) is 0 Å². The van der Waals surface area contributed by atoms with Crippen LogP contribution in [0.1, 0.15) is 18.2 Å². The van der Waals surface area contributed by atoms with E-state index in [0.29, 0.717) is 12.6 Å². The van der Waals surface area contributed by atoms with Crippen molar-refractivity contribution in [2.24, 2.45) is 7.05 Å². The lowest BCUT2D eigenvalue weighted by atomic mass is 10.1. The summed E-state index contributed by atoms with van der Waals surface area (Å²) in [5, 5.41) is 4.25. The standard InChI is InChI=1S/C17H25N3O2/c1-14(13-21-3)20(12-16-9-10-18-19(16)2)11-15-7-5-6-8-17(15)22-4/h5-10,14H,11-13H2,1-4H3/t14-/m0/s1. The molecule has 0 spiro atoms. The molecule has 120 valence electrons. The molecule has 2 aromatic rings. The summed E-state index contributed by atoms with van der Waals surface area (Å²) in [5.74, 6) is 0.919. The van der Waals surface area contributed by atoms with Gasteiger partial charge in [0.15, 0.2) is 0 Å².